The maximum Gasteiger partial charge on any atom is 0.355 e. The number of aromatic nitrogens is 2. The number of nitrogens with one attached hydrogen (secondary N) is 1. The van der Waals surface area contributed by atoms with Crippen LogP contribution in [-0.4, -0.2) is 21.0 Å². The first-order valence-corrected chi connectivity index (χ1v) is 8.69. The molecule has 0 aromatic carbocycles. The number of hydrogen-bond acceptors (Lipinski definition) is 2. The van der Waals surface area contributed by atoms with Gasteiger partial charge in [-0.05, 0) is 24.5 Å². The summed E-state index contributed by atoms with van der Waals surface area (Å²) < 4.78 is 14.0. The number of halogens is 1. The second kappa shape index (κ2) is 9.21. The number of pyridine rings is 1. The number of aromatic carboxylic acids is 1. The van der Waals surface area contributed by atoms with Gasteiger partial charge in [-0.2, -0.15) is 0 Å². The minimum atomic E-state index is -1.31. The molecule has 2 heterocycles. The minimum Gasteiger partial charge on any atom is -0.476 e. The van der Waals surface area contributed by atoms with Gasteiger partial charge in [-0.15, -0.1) is 0 Å². The van der Waals surface area contributed by atoms with Crippen molar-refractivity contribution in [3.05, 3.63) is 41.6 Å². The highest BCUT2D eigenvalue weighted by atomic mass is 19.1. The Morgan fingerprint density at radius 1 is 1.17 bits per heavy atom. The number of carboxylic acid groups (broad SMARTS) is 1. The van der Waals surface area contributed by atoms with Crippen LogP contribution in [0.15, 0.2) is 24.5 Å². The number of hydrogen-bond donors (Lipinski definition) is 2. The molecule has 2 aromatic rings. The second-order valence-electron chi connectivity index (χ2n) is 6.12. The summed E-state index contributed by atoms with van der Waals surface area (Å²) in [7, 11) is 0. The standard InChI is InChI=1S/C19H25FN2O2/c1-2-3-4-5-6-7-8-9-14-10-11-16(21-12-14)15-13-22-18(17(15)20)19(23)24/h10-13,22H,2-9H2,1H3,(H,23,24). The highest BCUT2D eigenvalue weighted by molar-refractivity contribution is 5.88. The van der Waals surface area contributed by atoms with Crippen molar-refractivity contribution >= 4 is 5.97 Å². The molecule has 0 spiro atoms. The molecule has 0 saturated carbocycles. The third-order valence-electron chi connectivity index (χ3n) is 4.20. The van der Waals surface area contributed by atoms with E-state index in [-0.39, 0.29) is 5.56 Å². The number of aryl methyl sites for hydroxylation is 1. The van der Waals surface area contributed by atoms with Crippen molar-refractivity contribution in [2.45, 2.75) is 58.3 Å². The number of aromatic amines is 1. The molecule has 2 aromatic heterocycles. The predicted octanol–water partition coefficient (Wildman–Crippen LogP) is 5.21. The van der Waals surface area contributed by atoms with E-state index in [9.17, 15) is 9.18 Å². The van der Waals surface area contributed by atoms with Crippen molar-refractivity contribution in [3.8, 4) is 11.3 Å². The number of rotatable bonds is 10. The lowest BCUT2D eigenvalue weighted by atomic mass is 10.0. The van der Waals surface area contributed by atoms with Crippen LogP contribution in [-0.2, 0) is 6.42 Å². The SMILES string of the molecule is CCCCCCCCCc1ccc(-c2c[nH]c(C(=O)O)c2F)nc1. The molecule has 5 heteroatoms. The van der Waals surface area contributed by atoms with Crippen LogP contribution in [0.4, 0.5) is 4.39 Å². The molecule has 0 saturated heterocycles. The topological polar surface area (TPSA) is 66.0 Å². The molecular weight excluding hydrogens is 307 g/mol. The van der Waals surface area contributed by atoms with Gasteiger partial charge in [-0.1, -0.05) is 51.5 Å². The van der Waals surface area contributed by atoms with Gasteiger partial charge in [-0.3, -0.25) is 4.98 Å². The van der Waals surface area contributed by atoms with Crippen LogP contribution in [0.5, 0.6) is 0 Å². The molecule has 0 aliphatic carbocycles. The van der Waals surface area contributed by atoms with Gasteiger partial charge in [0.05, 0.1) is 11.3 Å². The van der Waals surface area contributed by atoms with Gasteiger partial charge in [0.25, 0.3) is 0 Å². The van der Waals surface area contributed by atoms with Crippen LogP contribution < -0.4 is 0 Å². The Hall–Kier alpha value is -2.17. The van der Waals surface area contributed by atoms with Crippen LogP contribution in [0, 0.1) is 5.82 Å². The maximum absolute atomic E-state index is 14.0. The zero-order valence-electron chi connectivity index (χ0n) is 14.1. The van der Waals surface area contributed by atoms with Crippen LogP contribution in [0.1, 0.15) is 67.9 Å². The molecule has 0 atom stereocenters. The Balaban J connectivity index is 1.84. The van der Waals surface area contributed by atoms with E-state index in [1.165, 1.54) is 44.7 Å². The number of carbonyl (C=O) groups is 1. The Morgan fingerprint density at radius 3 is 2.46 bits per heavy atom. The van der Waals surface area contributed by atoms with Crippen molar-refractivity contribution in [2.75, 3.05) is 0 Å². The highest BCUT2D eigenvalue weighted by Crippen LogP contribution is 2.23. The summed E-state index contributed by atoms with van der Waals surface area (Å²) in [5.74, 6) is -2.08. The summed E-state index contributed by atoms with van der Waals surface area (Å²) in [6, 6.07) is 3.68. The summed E-state index contributed by atoms with van der Waals surface area (Å²) in [6.45, 7) is 2.22. The van der Waals surface area contributed by atoms with E-state index in [0.717, 1.165) is 18.4 Å². The molecule has 0 aliphatic heterocycles. The molecule has 24 heavy (non-hydrogen) atoms. The number of unbranched alkanes of at least 4 members (excludes halogenated alkanes) is 6. The smallest absolute Gasteiger partial charge is 0.355 e. The van der Waals surface area contributed by atoms with Gasteiger partial charge in [-0.25, -0.2) is 9.18 Å². The summed E-state index contributed by atoms with van der Waals surface area (Å²) in [5.41, 5.74) is 1.33. The van der Waals surface area contributed by atoms with E-state index in [0.29, 0.717) is 5.69 Å². The quantitative estimate of drug-likeness (QED) is 0.587. The second-order valence-corrected chi connectivity index (χ2v) is 6.12. The molecule has 0 bridgehead atoms. The van der Waals surface area contributed by atoms with Gasteiger partial charge in [0.2, 0.25) is 0 Å². The average Bonchev–Trinajstić information content (AvgIpc) is 2.96. The fourth-order valence-electron chi connectivity index (χ4n) is 2.77. The third-order valence-corrected chi connectivity index (χ3v) is 4.20. The first kappa shape index (κ1) is 18.2. The molecular formula is C19H25FN2O2. The van der Waals surface area contributed by atoms with E-state index in [1.54, 1.807) is 12.3 Å². The molecule has 130 valence electrons. The molecule has 0 radical (unpaired) electrons. The molecule has 0 amide bonds. The van der Waals surface area contributed by atoms with Crippen molar-refractivity contribution < 1.29 is 14.3 Å². The monoisotopic (exact) mass is 332 g/mol. The minimum absolute atomic E-state index is 0.190. The number of H-pyrrole nitrogens is 1. The molecule has 0 fully saturated rings. The molecule has 2 N–H and O–H groups in total. The van der Waals surface area contributed by atoms with Crippen LogP contribution in [0.25, 0.3) is 11.3 Å². The molecule has 0 aliphatic rings. The van der Waals surface area contributed by atoms with Crippen molar-refractivity contribution in [1.82, 2.24) is 9.97 Å². The molecule has 0 unspecified atom stereocenters. The van der Waals surface area contributed by atoms with Crippen molar-refractivity contribution in [2.24, 2.45) is 0 Å². The first-order chi connectivity index (χ1) is 11.6. The zero-order chi connectivity index (χ0) is 17.4. The Kier molecular flexibility index (Phi) is 6.97. The first-order valence-electron chi connectivity index (χ1n) is 8.69. The number of nitrogens with zero attached hydrogens (tertiary/aromatic N) is 1. The summed E-state index contributed by atoms with van der Waals surface area (Å²) >= 11 is 0. The van der Waals surface area contributed by atoms with Gasteiger partial charge in [0.15, 0.2) is 11.5 Å². The Morgan fingerprint density at radius 2 is 1.88 bits per heavy atom. The van der Waals surface area contributed by atoms with Gasteiger partial charge < -0.3 is 10.1 Å². The fraction of sp³-hybridized carbons (Fsp3) is 0.474. The third kappa shape index (κ3) is 4.91. The zero-order valence-corrected chi connectivity index (χ0v) is 14.1. The summed E-state index contributed by atoms with van der Waals surface area (Å²) in [4.78, 5) is 17.6. The van der Waals surface area contributed by atoms with Gasteiger partial charge in [0.1, 0.15) is 0 Å². The normalized spacial score (nSPS) is 10.9. The molecule has 4 nitrogen and oxygen atoms in total. The largest absolute Gasteiger partial charge is 0.476 e. The number of carboxylic acids is 1. The lowest BCUT2D eigenvalue weighted by Gasteiger charge is -2.03. The Labute approximate surface area is 142 Å². The van der Waals surface area contributed by atoms with Gasteiger partial charge in [0, 0.05) is 12.4 Å². The van der Waals surface area contributed by atoms with E-state index in [1.807, 2.05) is 6.07 Å². The fourth-order valence-corrected chi connectivity index (χ4v) is 2.77. The summed E-state index contributed by atoms with van der Waals surface area (Å²) in [6.07, 6.45) is 12.9. The van der Waals surface area contributed by atoms with E-state index in [2.05, 4.69) is 16.9 Å². The van der Waals surface area contributed by atoms with Crippen LogP contribution in [0.2, 0.25) is 0 Å². The maximum atomic E-state index is 14.0. The lowest BCUT2D eigenvalue weighted by Crippen LogP contribution is -1.99. The van der Waals surface area contributed by atoms with Crippen LogP contribution >= 0.6 is 0 Å². The highest BCUT2D eigenvalue weighted by Gasteiger charge is 2.18. The van der Waals surface area contributed by atoms with Gasteiger partial charge >= 0.3 is 5.97 Å². The molecule has 2 rings (SSSR count). The Bertz CT molecular complexity index is 650. The predicted molar refractivity (Wildman–Crippen MR) is 92.6 cm³/mol. The van der Waals surface area contributed by atoms with Crippen LogP contribution in [0.3, 0.4) is 0 Å². The average molecular weight is 332 g/mol. The van der Waals surface area contributed by atoms with E-state index in [4.69, 9.17) is 5.11 Å². The van der Waals surface area contributed by atoms with Crippen molar-refractivity contribution in [3.63, 3.8) is 0 Å². The van der Waals surface area contributed by atoms with E-state index >= 15 is 0 Å². The summed E-state index contributed by atoms with van der Waals surface area (Å²) in [5, 5.41) is 8.87. The van der Waals surface area contributed by atoms with Crippen molar-refractivity contribution in [1.29, 1.82) is 0 Å². The lowest BCUT2D eigenvalue weighted by molar-refractivity contribution is 0.0686. The van der Waals surface area contributed by atoms with E-state index < -0.39 is 17.5 Å².